The highest BCUT2D eigenvalue weighted by molar-refractivity contribution is 5.69. The van der Waals surface area contributed by atoms with Crippen molar-refractivity contribution in [2.24, 2.45) is 23.7 Å². The van der Waals surface area contributed by atoms with Crippen molar-refractivity contribution in [3.8, 4) is 0 Å². The lowest BCUT2D eigenvalue weighted by Gasteiger charge is -2.19. The number of fused-ring (bicyclic) bond motifs is 1. The van der Waals surface area contributed by atoms with E-state index in [0.29, 0.717) is 24.2 Å². The monoisotopic (exact) mass is 338 g/mol. The summed E-state index contributed by atoms with van der Waals surface area (Å²) < 4.78 is 4.73. The second kappa shape index (κ2) is 9.57. The van der Waals surface area contributed by atoms with Crippen LogP contribution in [0, 0.1) is 23.7 Å². The van der Waals surface area contributed by atoms with Crippen LogP contribution in [0.3, 0.4) is 0 Å². The maximum Gasteiger partial charge on any atom is 0.305 e. The van der Waals surface area contributed by atoms with Gasteiger partial charge in [-0.05, 0) is 49.9 Å². The molecule has 4 heteroatoms. The topological polar surface area (TPSA) is 66.8 Å². The molecule has 2 N–H and O–H groups in total. The highest BCUT2D eigenvalue weighted by Gasteiger charge is 2.46. The summed E-state index contributed by atoms with van der Waals surface area (Å²) in [5, 5.41) is 20.4. The quantitative estimate of drug-likeness (QED) is 0.384. The maximum atomic E-state index is 11.3. The van der Waals surface area contributed by atoms with E-state index in [1.807, 2.05) is 6.08 Å². The Morgan fingerprint density at radius 3 is 2.79 bits per heavy atom. The molecule has 0 spiro atoms. The Kier molecular flexibility index (Phi) is 7.76. The summed E-state index contributed by atoms with van der Waals surface area (Å²) in [5.74, 6) is 1.67. The minimum absolute atomic E-state index is 0.126. The van der Waals surface area contributed by atoms with Crippen LogP contribution in [-0.4, -0.2) is 35.5 Å². The van der Waals surface area contributed by atoms with Crippen molar-refractivity contribution in [3.05, 3.63) is 12.2 Å². The molecule has 0 aromatic rings. The van der Waals surface area contributed by atoms with E-state index in [-0.39, 0.29) is 24.1 Å². The van der Waals surface area contributed by atoms with Gasteiger partial charge in [0.25, 0.3) is 0 Å². The number of ether oxygens (including phenoxy) is 1. The van der Waals surface area contributed by atoms with Gasteiger partial charge in [-0.25, -0.2) is 0 Å². The molecule has 24 heavy (non-hydrogen) atoms. The van der Waals surface area contributed by atoms with E-state index in [1.165, 1.54) is 7.11 Å². The first-order valence-corrected chi connectivity index (χ1v) is 9.66. The Labute approximate surface area is 146 Å². The third-order valence-corrected chi connectivity index (χ3v) is 5.97. The first-order valence-electron chi connectivity index (χ1n) is 9.66. The van der Waals surface area contributed by atoms with Crippen LogP contribution in [0.1, 0.15) is 64.7 Å². The van der Waals surface area contributed by atoms with Crippen molar-refractivity contribution in [3.63, 3.8) is 0 Å². The summed E-state index contributed by atoms with van der Waals surface area (Å²) in [7, 11) is 1.44. The summed E-state index contributed by atoms with van der Waals surface area (Å²) in [6.45, 7) is 2.16. The van der Waals surface area contributed by atoms with Gasteiger partial charge in [0, 0.05) is 12.3 Å². The number of aliphatic hydroxyl groups excluding tert-OH is 2. The van der Waals surface area contributed by atoms with E-state index < -0.39 is 0 Å². The number of unbranched alkanes of at least 4 members (excludes halogenated alkanes) is 2. The number of hydrogen-bond donors (Lipinski definition) is 2. The minimum Gasteiger partial charge on any atom is -0.469 e. The van der Waals surface area contributed by atoms with Gasteiger partial charge in [-0.3, -0.25) is 4.79 Å². The molecule has 0 saturated heterocycles. The number of rotatable bonds is 9. The van der Waals surface area contributed by atoms with Crippen LogP contribution in [0.4, 0.5) is 0 Å². The highest BCUT2D eigenvalue weighted by atomic mass is 16.5. The number of hydrogen-bond acceptors (Lipinski definition) is 4. The first-order chi connectivity index (χ1) is 11.5. The summed E-state index contributed by atoms with van der Waals surface area (Å²) in [4.78, 5) is 11.3. The average molecular weight is 338 g/mol. The Hall–Kier alpha value is -0.870. The molecule has 2 saturated carbocycles. The summed E-state index contributed by atoms with van der Waals surface area (Å²) in [5.41, 5.74) is 0. The molecule has 0 aromatic heterocycles. The standard InChI is InChI=1S/C20H34O4/c1-3-4-5-6-16(21)8-9-17-18-12-14(7-10-20(23)24-2)11-15(18)13-19(17)22/h8-9,14-19,21-22H,3-7,10-13H2,1-2H3/b9-8+/t14?,15-,16-,17+,18-,19+/m0/s1. The third-order valence-electron chi connectivity index (χ3n) is 5.97. The van der Waals surface area contributed by atoms with Crippen LogP contribution >= 0.6 is 0 Å². The van der Waals surface area contributed by atoms with Crippen LogP contribution < -0.4 is 0 Å². The lowest BCUT2D eigenvalue weighted by molar-refractivity contribution is -0.140. The van der Waals surface area contributed by atoms with Crippen molar-refractivity contribution in [2.45, 2.75) is 76.9 Å². The van der Waals surface area contributed by atoms with E-state index in [9.17, 15) is 15.0 Å². The van der Waals surface area contributed by atoms with Crippen molar-refractivity contribution >= 4 is 5.97 Å². The number of esters is 1. The van der Waals surface area contributed by atoms with E-state index in [2.05, 4.69) is 13.0 Å². The smallest absolute Gasteiger partial charge is 0.305 e. The van der Waals surface area contributed by atoms with Gasteiger partial charge in [-0.15, -0.1) is 0 Å². The molecule has 1 unspecified atom stereocenters. The number of carbonyl (C=O) groups excluding carboxylic acids is 1. The molecule has 0 heterocycles. The number of carbonyl (C=O) groups is 1. The van der Waals surface area contributed by atoms with Gasteiger partial charge in [-0.1, -0.05) is 38.3 Å². The molecule has 0 bridgehead atoms. The van der Waals surface area contributed by atoms with Crippen LogP contribution in [0.5, 0.6) is 0 Å². The van der Waals surface area contributed by atoms with Crippen molar-refractivity contribution in [1.82, 2.24) is 0 Å². The van der Waals surface area contributed by atoms with Crippen LogP contribution in [0.2, 0.25) is 0 Å². The molecule has 6 atom stereocenters. The molecule has 4 nitrogen and oxygen atoms in total. The summed E-state index contributed by atoms with van der Waals surface area (Å²) in [6.07, 6.45) is 11.9. The fourth-order valence-electron chi connectivity index (χ4n) is 4.66. The van der Waals surface area contributed by atoms with Gasteiger partial charge in [-0.2, -0.15) is 0 Å². The lowest BCUT2D eigenvalue weighted by Crippen LogP contribution is -2.18. The van der Waals surface area contributed by atoms with Crippen LogP contribution in [0.25, 0.3) is 0 Å². The number of aliphatic hydroxyl groups is 2. The Morgan fingerprint density at radius 1 is 1.29 bits per heavy atom. The lowest BCUT2D eigenvalue weighted by atomic mass is 9.89. The fourth-order valence-corrected chi connectivity index (χ4v) is 4.66. The molecule has 138 valence electrons. The Bertz CT molecular complexity index is 420. The molecule has 0 aliphatic heterocycles. The Morgan fingerprint density at radius 2 is 2.08 bits per heavy atom. The van der Waals surface area contributed by atoms with Crippen molar-refractivity contribution < 1.29 is 19.7 Å². The van der Waals surface area contributed by atoms with E-state index in [4.69, 9.17) is 4.74 Å². The summed E-state index contributed by atoms with van der Waals surface area (Å²) in [6, 6.07) is 0. The van der Waals surface area contributed by atoms with Gasteiger partial charge >= 0.3 is 5.97 Å². The molecule has 2 fully saturated rings. The van der Waals surface area contributed by atoms with E-state index in [0.717, 1.165) is 51.4 Å². The normalized spacial score (nSPS) is 33.8. The summed E-state index contributed by atoms with van der Waals surface area (Å²) >= 11 is 0. The van der Waals surface area contributed by atoms with Gasteiger partial charge in [0.1, 0.15) is 0 Å². The van der Waals surface area contributed by atoms with Crippen LogP contribution in [0.15, 0.2) is 12.2 Å². The van der Waals surface area contributed by atoms with Crippen LogP contribution in [-0.2, 0) is 9.53 Å². The zero-order valence-electron chi connectivity index (χ0n) is 15.2. The van der Waals surface area contributed by atoms with Gasteiger partial charge in [0.15, 0.2) is 0 Å². The highest BCUT2D eigenvalue weighted by Crippen LogP contribution is 2.51. The zero-order valence-corrected chi connectivity index (χ0v) is 15.2. The molecule has 0 radical (unpaired) electrons. The molecule has 2 aliphatic rings. The molecule has 2 aliphatic carbocycles. The van der Waals surface area contributed by atoms with Gasteiger partial charge in [0.05, 0.1) is 19.3 Å². The SMILES string of the molecule is CCCCC[C@H](O)/C=C/[C@@H]1[C@H]2CC(CCC(=O)OC)C[C@H]2C[C@H]1O. The van der Waals surface area contributed by atoms with E-state index in [1.54, 1.807) is 0 Å². The first kappa shape index (κ1) is 19.5. The molecule has 0 amide bonds. The van der Waals surface area contributed by atoms with Gasteiger partial charge in [0.2, 0.25) is 0 Å². The largest absolute Gasteiger partial charge is 0.469 e. The molecule has 0 aromatic carbocycles. The minimum atomic E-state index is -0.390. The second-order valence-corrected chi connectivity index (χ2v) is 7.70. The molecule has 2 rings (SSSR count). The zero-order chi connectivity index (χ0) is 17.5. The van der Waals surface area contributed by atoms with E-state index >= 15 is 0 Å². The molecular formula is C20H34O4. The Balaban J connectivity index is 1.82. The predicted molar refractivity (Wildman–Crippen MR) is 94.4 cm³/mol. The number of methoxy groups -OCH3 is 1. The van der Waals surface area contributed by atoms with Crippen molar-refractivity contribution in [1.29, 1.82) is 0 Å². The fraction of sp³-hybridized carbons (Fsp3) is 0.850. The molecular weight excluding hydrogens is 304 g/mol. The van der Waals surface area contributed by atoms with Crippen molar-refractivity contribution in [2.75, 3.05) is 7.11 Å². The van der Waals surface area contributed by atoms with Gasteiger partial charge < -0.3 is 14.9 Å². The predicted octanol–water partition coefficient (Wildman–Crippen LogP) is 3.46. The average Bonchev–Trinajstić information content (AvgIpc) is 3.07. The third kappa shape index (κ3) is 5.32. The second-order valence-electron chi connectivity index (χ2n) is 7.70. The maximum absolute atomic E-state index is 11.3.